The maximum absolute atomic E-state index is 12.7. The van der Waals surface area contributed by atoms with Gasteiger partial charge in [-0.25, -0.2) is 0 Å². The van der Waals surface area contributed by atoms with E-state index in [0.29, 0.717) is 35.7 Å². The monoisotopic (exact) mass is 388 g/mol. The van der Waals surface area contributed by atoms with Crippen molar-refractivity contribution in [2.45, 2.75) is 12.5 Å². The summed E-state index contributed by atoms with van der Waals surface area (Å²) in [5.41, 5.74) is 1.10. The van der Waals surface area contributed by atoms with Gasteiger partial charge in [0.2, 0.25) is 0 Å². The third kappa shape index (κ3) is 2.68. The molecule has 5 nitrogen and oxygen atoms in total. The van der Waals surface area contributed by atoms with Crippen LogP contribution >= 0.6 is 23.2 Å². The van der Waals surface area contributed by atoms with E-state index in [-0.39, 0.29) is 34.3 Å². The zero-order chi connectivity index (χ0) is 18.4. The summed E-state index contributed by atoms with van der Waals surface area (Å²) in [4.78, 5) is 40.9. The zero-order valence-electron chi connectivity index (χ0n) is 13.6. The quantitative estimate of drug-likeness (QED) is 0.739. The summed E-state index contributed by atoms with van der Waals surface area (Å²) in [6.45, 7) is 0.789. The molecule has 0 saturated carbocycles. The molecule has 1 saturated heterocycles. The minimum Gasteiger partial charge on any atom is -0.336 e. The molecule has 0 radical (unpaired) electrons. The van der Waals surface area contributed by atoms with E-state index in [9.17, 15) is 14.4 Å². The summed E-state index contributed by atoms with van der Waals surface area (Å²) in [7, 11) is 0. The molecule has 2 aliphatic heterocycles. The number of carbonyl (C=O) groups excluding carboxylic acids is 3. The van der Waals surface area contributed by atoms with E-state index in [1.807, 2.05) is 0 Å². The van der Waals surface area contributed by atoms with Crippen LogP contribution in [0.15, 0.2) is 42.5 Å². The van der Waals surface area contributed by atoms with E-state index in [1.165, 1.54) is 4.90 Å². The zero-order valence-corrected chi connectivity index (χ0v) is 15.1. The Bertz CT molecular complexity index is 927. The first-order chi connectivity index (χ1) is 12.5. The number of likely N-dealkylation sites (tertiary alicyclic amines) is 1. The molecule has 132 valence electrons. The highest BCUT2D eigenvalue weighted by Crippen LogP contribution is 2.32. The second-order valence-corrected chi connectivity index (χ2v) is 7.19. The van der Waals surface area contributed by atoms with Crippen molar-refractivity contribution >= 4 is 40.9 Å². The Kier molecular flexibility index (Phi) is 4.21. The lowest BCUT2D eigenvalue weighted by atomic mass is 10.1. The van der Waals surface area contributed by atoms with Gasteiger partial charge in [0.15, 0.2) is 0 Å². The lowest BCUT2D eigenvalue weighted by Crippen LogP contribution is -2.42. The molecule has 2 aliphatic rings. The molecule has 0 spiro atoms. The summed E-state index contributed by atoms with van der Waals surface area (Å²) in [5, 5.41) is 0.833. The van der Waals surface area contributed by atoms with Gasteiger partial charge in [-0.3, -0.25) is 19.3 Å². The van der Waals surface area contributed by atoms with Gasteiger partial charge < -0.3 is 4.90 Å². The fourth-order valence-electron chi connectivity index (χ4n) is 3.51. The van der Waals surface area contributed by atoms with Crippen molar-refractivity contribution in [3.8, 4) is 0 Å². The fourth-order valence-corrected chi connectivity index (χ4v) is 3.89. The lowest BCUT2D eigenvalue weighted by molar-refractivity contribution is 0.0575. The van der Waals surface area contributed by atoms with Crippen molar-refractivity contribution in [1.82, 2.24) is 9.80 Å². The number of hydrogen-bond acceptors (Lipinski definition) is 3. The SMILES string of the molecule is O=C(c1ccc(Cl)cc1)N1CCC(N2C(=O)c3cccc(Cl)c3C2=O)C1. The Balaban J connectivity index is 1.54. The predicted molar refractivity (Wildman–Crippen MR) is 97.7 cm³/mol. The van der Waals surface area contributed by atoms with Crippen LogP contribution in [0.1, 0.15) is 37.5 Å². The molecular formula is C19H14Cl2N2O3. The number of hydrogen-bond donors (Lipinski definition) is 0. The number of fused-ring (bicyclic) bond motifs is 1. The van der Waals surface area contributed by atoms with Crippen LogP contribution in [0, 0.1) is 0 Å². The Morgan fingerprint density at radius 2 is 1.73 bits per heavy atom. The van der Waals surface area contributed by atoms with Gasteiger partial charge in [0.1, 0.15) is 0 Å². The van der Waals surface area contributed by atoms with E-state index in [4.69, 9.17) is 23.2 Å². The first-order valence-corrected chi connectivity index (χ1v) is 8.94. The number of carbonyl (C=O) groups is 3. The van der Waals surface area contributed by atoms with Crippen LogP contribution in [0.25, 0.3) is 0 Å². The average Bonchev–Trinajstić information content (AvgIpc) is 3.19. The largest absolute Gasteiger partial charge is 0.336 e. The van der Waals surface area contributed by atoms with Gasteiger partial charge in [0, 0.05) is 23.7 Å². The minimum absolute atomic E-state index is 0.140. The number of rotatable bonds is 2. The third-order valence-electron chi connectivity index (χ3n) is 4.80. The second-order valence-electron chi connectivity index (χ2n) is 6.34. The van der Waals surface area contributed by atoms with Gasteiger partial charge in [0.25, 0.3) is 17.7 Å². The maximum atomic E-state index is 12.7. The van der Waals surface area contributed by atoms with Crippen LogP contribution in [-0.2, 0) is 0 Å². The van der Waals surface area contributed by atoms with Crippen molar-refractivity contribution in [3.05, 3.63) is 69.2 Å². The van der Waals surface area contributed by atoms with Crippen molar-refractivity contribution in [3.63, 3.8) is 0 Å². The molecule has 3 amide bonds. The van der Waals surface area contributed by atoms with Gasteiger partial charge >= 0.3 is 0 Å². The van der Waals surface area contributed by atoms with Crippen LogP contribution in [-0.4, -0.2) is 46.7 Å². The molecule has 1 atom stereocenters. The number of imide groups is 1. The molecule has 0 N–H and O–H groups in total. The van der Waals surface area contributed by atoms with Crippen LogP contribution in [0.4, 0.5) is 0 Å². The average molecular weight is 389 g/mol. The number of amides is 3. The van der Waals surface area contributed by atoms with Gasteiger partial charge in [-0.1, -0.05) is 29.3 Å². The standard InChI is InChI=1S/C19H14Cl2N2O3/c20-12-6-4-11(5-7-12)17(24)22-9-8-13(10-22)23-18(25)14-2-1-3-15(21)16(14)19(23)26/h1-7,13H,8-10H2. The third-order valence-corrected chi connectivity index (χ3v) is 5.37. The van der Waals surface area contributed by atoms with E-state index in [0.717, 1.165) is 0 Å². The van der Waals surface area contributed by atoms with E-state index >= 15 is 0 Å². The second kappa shape index (κ2) is 6.41. The van der Waals surface area contributed by atoms with Gasteiger partial charge in [0.05, 0.1) is 22.2 Å². The van der Waals surface area contributed by atoms with Crippen molar-refractivity contribution in [2.75, 3.05) is 13.1 Å². The molecule has 0 bridgehead atoms. The first kappa shape index (κ1) is 17.1. The van der Waals surface area contributed by atoms with E-state index < -0.39 is 0 Å². The highest BCUT2D eigenvalue weighted by molar-refractivity contribution is 6.37. The van der Waals surface area contributed by atoms with Gasteiger partial charge in [-0.15, -0.1) is 0 Å². The van der Waals surface area contributed by atoms with Crippen molar-refractivity contribution in [1.29, 1.82) is 0 Å². The Morgan fingerprint density at radius 3 is 2.42 bits per heavy atom. The lowest BCUT2D eigenvalue weighted by Gasteiger charge is -2.22. The summed E-state index contributed by atoms with van der Waals surface area (Å²) >= 11 is 12.0. The van der Waals surface area contributed by atoms with E-state index in [1.54, 1.807) is 47.4 Å². The molecule has 7 heteroatoms. The topological polar surface area (TPSA) is 57.7 Å². The molecule has 0 aliphatic carbocycles. The summed E-state index contributed by atoms with van der Waals surface area (Å²) < 4.78 is 0. The highest BCUT2D eigenvalue weighted by Gasteiger charge is 2.44. The number of benzene rings is 2. The first-order valence-electron chi connectivity index (χ1n) is 8.18. The van der Waals surface area contributed by atoms with Crippen molar-refractivity contribution in [2.24, 2.45) is 0 Å². The molecule has 2 aromatic rings. The smallest absolute Gasteiger partial charge is 0.263 e. The van der Waals surface area contributed by atoms with Gasteiger partial charge in [-0.05, 0) is 42.8 Å². The van der Waals surface area contributed by atoms with Crippen molar-refractivity contribution < 1.29 is 14.4 Å². The number of halogens is 2. The van der Waals surface area contributed by atoms with Crippen LogP contribution < -0.4 is 0 Å². The summed E-state index contributed by atoms with van der Waals surface area (Å²) in [6.07, 6.45) is 0.544. The Hall–Kier alpha value is -2.37. The molecule has 1 unspecified atom stereocenters. The number of nitrogens with zero attached hydrogens (tertiary/aromatic N) is 2. The molecule has 0 aromatic heterocycles. The summed E-state index contributed by atoms with van der Waals surface area (Å²) in [5.74, 6) is -0.876. The molecule has 2 heterocycles. The highest BCUT2D eigenvalue weighted by atomic mass is 35.5. The fraction of sp³-hybridized carbons (Fsp3) is 0.211. The van der Waals surface area contributed by atoms with E-state index in [2.05, 4.69) is 0 Å². The Morgan fingerprint density at radius 1 is 1.00 bits per heavy atom. The van der Waals surface area contributed by atoms with Gasteiger partial charge in [-0.2, -0.15) is 0 Å². The predicted octanol–water partition coefficient (Wildman–Crippen LogP) is 3.50. The van der Waals surface area contributed by atoms with Crippen LogP contribution in [0.5, 0.6) is 0 Å². The summed E-state index contributed by atoms with van der Waals surface area (Å²) in [6, 6.07) is 11.2. The Labute approximate surface area is 160 Å². The van der Waals surface area contributed by atoms with Crippen LogP contribution in [0.3, 0.4) is 0 Å². The van der Waals surface area contributed by atoms with Crippen LogP contribution in [0.2, 0.25) is 10.0 Å². The maximum Gasteiger partial charge on any atom is 0.263 e. The molecule has 4 rings (SSSR count). The molecular weight excluding hydrogens is 375 g/mol. The molecule has 26 heavy (non-hydrogen) atoms. The normalized spacial score (nSPS) is 19.2. The molecule has 2 aromatic carbocycles. The molecule has 1 fully saturated rings. The minimum atomic E-state index is -0.388.